The number of aryl methyl sites for hydroxylation is 1. The summed E-state index contributed by atoms with van der Waals surface area (Å²) >= 11 is 0. The molecule has 0 heterocycles. The van der Waals surface area contributed by atoms with Gasteiger partial charge in [0.15, 0.2) is 0 Å². The van der Waals surface area contributed by atoms with E-state index in [1.807, 2.05) is 19.1 Å². The van der Waals surface area contributed by atoms with Gasteiger partial charge < -0.3 is 10.0 Å². The van der Waals surface area contributed by atoms with Crippen LogP contribution < -0.4 is 5.46 Å². The highest BCUT2D eigenvalue weighted by Crippen LogP contribution is 2.39. The molecular formula is C10H13BO2. The summed E-state index contributed by atoms with van der Waals surface area (Å²) in [6.45, 7) is 1.89. The van der Waals surface area contributed by atoms with Crippen LogP contribution in [0.5, 0.6) is 0 Å². The van der Waals surface area contributed by atoms with Crippen LogP contribution in [0.2, 0.25) is 0 Å². The average Bonchev–Trinajstić information content (AvgIpc) is 2.87. The Morgan fingerprint density at radius 3 is 2.54 bits per heavy atom. The predicted octanol–water partition coefficient (Wildman–Crippen LogP) is 0.552. The monoisotopic (exact) mass is 176 g/mol. The molecule has 13 heavy (non-hydrogen) atoms. The second kappa shape index (κ2) is 3.16. The van der Waals surface area contributed by atoms with Crippen LogP contribution in [0.1, 0.15) is 29.9 Å². The summed E-state index contributed by atoms with van der Waals surface area (Å²) in [6, 6.07) is 5.96. The minimum Gasteiger partial charge on any atom is -0.423 e. The third-order valence-electron chi connectivity index (χ3n) is 2.63. The van der Waals surface area contributed by atoms with Gasteiger partial charge in [0.2, 0.25) is 0 Å². The zero-order valence-corrected chi connectivity index (χ0v) is 7.70. The van der Waals surface area contributed by atoms with Gasteiger partial charge in [0.05, 0.1) is 0 Å². The largest absolute Gasteiger partial charge is 0.488 e. The predicted molar refractivity (Wildman–Crippen MR) is 53.0 cm³/mol. The third-order valence-corrected chi connectivity index (χ3v) is 2.63. The quantitative estimate of drug-likeness (QED) is 0.646. The van der Waals surface area contributed by atoms with Gasteiger partial charge in [0, 0.05) is 0 Å². The molecule has 2 nitrogen and oxygen atoms in total. The Labute approximate surface area is 78.4 Å². The van der Waals surface area contributed by atoms with Crippen molar-refractivity contribution in [2.45, 2.75) is 25.7 Å². The number of hydrogen-bond acceptors (Lipinski definition) is 2. The van der Waals surface area contributed by atoms with Gasteiger partial charge in [-0.15, -0.1) is 0 Å². The van der Waals surface area contributed by atoms with Gasteiger partial charge in [-0.05, 0) is 36.7 Å². The molecule has 68 valence electrons. The SMILES string of the molecule is Cc1ccc(C2CC2)cc1B(O)O. The van der Waals surface area contributed by atoms with Crippen molar-refractivity contribution in [3.05, 3.63) is 29.3 Å². The van der Waals surface area contributed by atoms with Crippen molar-refractivity contribution in [2.75, 3.05) is 0 Å². The van der Waals surface area contributed by atoms with E-state index in [9.17, 15) is 0 Å². The first kappa shape index (κ1) is 8.79. The lowest BCUT2D eigenvalue weighted by Crippen LogP contribution is -2.32. The zero-order valence-electron chi connectivity index (χ0n) is 7.70. The molecule has 1 aromatic rings. The minimum absolute atomic E-state index is 0.643. The van der Waals surface area contributed by atoms with Crippen LogP contribution in [-0.4, -0.2) is 17.2 Å². The van der Waals surface area contributed by atoms with Crippen molar-refractivity contribution in [3.8, 4) is 0 Å². The molecular weight excluding hydrogens is 163 g/mol. The van der Waals surface area contributed by atoms with E-state index in [1.54, 1.807) is 0 Å². The summed E-state index contributed by atoms with van der Waals surface area (Å²) in [5.74, 6) is 0.665. The van der Waals surface area contributed by atoms with Crippen molar-refractivity contribution in [3.63, 3.8) is 0 Å². The van der Waals surface area contributed by atoms with E-state index >= 15 is 0 Å². The highest BCUT2D eigenvalue weighted by Gasteiger charge is 2.25. The molecule has 2 rings (SSSR count). The fraction of sp³-hybridized carbons (Fsp3) is 0.400. The van der Waals surface area contributed by atoms with E-state index in [2.05, 4.69) is 6.07 Å². The molecule has 1 aromatic carbocycles. The zero-order chi connectivity index (χ0) is 9.42. The Morgan fingerprint density at radius 1 is 1.31 bits per heavy atom. The standard InChI is InChI=1S/C10H13BO2/c1-7-2-3-9(8-4-5-8)6-10(7)11(12)13/h2-3,6,8,12-13H,4-5H2,1H3. The molecule has 2 N–H and O–H groups in total. The molecule has 0 aliphatic heterocycles. The lowest BCUT2D eigenvalue weighted by Gasteiger charge is -2.06. The van der Waals surface area contributed by atoms with Crippen LogP contribution in [-0.2, 0) is 0 Å². The first-order valence-corrected chi connectivity index (χ1v) is 4.65. The second-order valence-electron chi connectivity index (χ2n) is 3.76. The van der Waals surface area contributed by atoms with Crippen molar-refractivity contribution in [1.29, 1.82) is 0 Å². The molecule has 1 aliphatic rings. The van der Waals surface area contributed by atoms with Crippen molar-refractivity contribution in [1.82, 2.24) is 0 Å². The van der Waals surface area contributed by atoms with Crippen LogP contribution in [0.15, 0.2) is 18.2 Å². The summed E-state index contributed by atoms with van der Waals surface area (Å²) in [5, 5.41) is 18.2. The normalized spacial score (nSPS) is 15.9. The van der Waals surface area contributed by atoms with Crippen molar-refractivity contribution in [2.24, 2.45) is 0 Å². The average molecular weight is 176 g/mol. The van der Waals surface area contributed by atoms with Gasteiger partial charge in [0.1, 0.15) is 0 Å². The molecule has 1 saturated carbocycles. The smallest absolute Gasteiger partial charge is 0.423 e. The minimum atomic E-state index is -1.33. The highest BCUT2D eigenvalue weighted by molar-refractivity contribution is 6.59. The summed E-state index contributed by atoms with van der Waals surface area (Å²) in [6.07, 6.45) is 2.48. The first-order valence-electron chi connectivity index (χ1n) is 4.65. The molecule has 0 bridgehead atoms. The van der Waals surface area contributed by atoms with Gasteiger partial charge in [-0.3, -0.25) is 0 Å². The molecule has 0 radical (unpaired) electrons. The van der Waals surface area contributed by atoms with Crippen LogP contribution in [0.4, 0.5) is 0 Å². The number of benzene rings is 1. The fourth-order valence-electron chi connectivity index (χ4n) is 1.61. The Bertz CT molecular complexity index is 319. The molecule has 3 heteroatoms. The molecule has 0 amide bonds. The van der Waals surface area contributed by atoms with E-state index in [1.165, 1.54) is 18.4 Å². The highest BCUT2D eigenvalue weighted by atomic mass is 16.4. The van der Waals surface area contributed by atoms with Crippen LogP contribution in [0.25, 0.3) is 0 Å². The van der Waals surface area contributed by atoms with E-state index in [0.717, 1.165) is 5.56 Å². The summed E-state index contributed by atoms with van der Waals surface area (Å²) in [5.41, 5.74) is 2.83. The van der Waals surface area contributed by atoms with Crippen molar-refractivity contribution >= 4 is 12.6 Å². The van der Waals surface area contributed by atoms with E-state index in [-0.39, 0.29) is 0 Å². The molecule has 0 saturated heterocycles. The molecule has 0 spiro atoms. The van der Waals surface area contributed by atoms with E-state index in [0.29, 0.717) is 11.4 Å². The Morgan fingerprint density at radius 2 is 2.00 bits per heavy atom. The van der Waals surface area contributed by atoms with Gasteiger partial charge in [-0.25, -0.2) is 0 Å². The lowest BCUT2D eigenvalue weighted by atomic mass is 9.76. The number of rotatable bonds is 2. The molecule has 1 aliphatic carbocycles. The Kier molecular flexibility index (Phi) is 2.14. The third kappa shape index (κ3) is 1.76. The molecule has 0 aromatic heterocycles. The van der Waals surface area contributed by atoms with Gasteiger partial charge in [0.25, 0.3) is 0 Å². The van der Waals surface area contributed by atoms with Gasteiger partial charge in [-0.2, -0.15) is 0 Å². The Balaban J connectivity index is 2.36. The maximum Gasteiger partial charge on any atom is 0.488 e. The summed E-state index contributed by atoms with van der Waals surface area (Å²) in [7, 11) is -1.33. The van der Waals surface area contributed by atoms with Crippen LogP contribution in [0, 0.1) is 6.92 Å². The molecule has 0 unspecified atom stereocenters. The summed E-state index contributed by atoms with van der Waals surface area (Å²) in [4.78, 5) is 0. The van der Waals surface area contributed by atoms with E-state index < -0.39 is 7.12 Å². The Hall–Kier alpha value is -0.795. The molecule has 0 atom stereocenters. The van der Waals surface area contributed by atoms with Crippen LogP contribution in [0.3, 0.4) is 0 Å². The topological polar surface area (TPSA) is 40.5 Å². The summed E-state index contributed by atoms with van der Waals surface area (Å²) < 4.78 is 0. The second-order valence-corrected chi connectivity index (χ2v) is 3.76. The maximum absolute atomic E-state index is 9.09. The number of hydrogen-bond donors (Lipinski definition) is 2. The first-order chi connectivity index (χ1) is 6.18. The van der Waals surface area contributed by atoms with E-state index in [4.69, 9.17) is 10.0 Å². The maximum atomic E-state index is 9.09. The molecule has 1 fully saturated rings. The van der Waals surface area contributed by atoms with Gasteiger partial charge in [-0.1, -0.05) is 23.8 Å². The fourth-order valence-corrected chi connectivity index (χ4v) is 1.61. The lowest BCUT2D eigenvalue weighted by molar-refractivity contribution is 0.425. The van der Waals surface area contributed by atoms with Gasteiger partial charge >= 0.3 is 7.12 Å². The van der Waals surface area contributed by atoms with Crippen molar-refractivity contribution < 1.29 is 10.0 Å². The van der Waals surface area contributed by atoms with Crippen LogP contribution >= 0.6 is 0 Å².